The molecule has 5 heteroatoms. The summed E-state index contributed by atoms with van der Waals surface area (Å²) in [4.78, 5) is 4.94. The van der Waals surface area contributed by atoms with Crippen molar-refractivity contribution in [3.63, 3.8) is 0 Å². The fraction of sp³-hybridized carbons (Fsp3) is 0.250. The summed E-state index contributed by atoms with van der Waals surface area (Å²) in [5.74, 6) is 0.678. The maximum atomic E-state index is 10.2. The first-order valence-electron chi connectivity index (χ1n) is 5.21. The Kier molecular flexibility index (Phi) is 4.15. The van der Waals surface area contributed by atoms with Crippen LogP contribution in [-0.2, 0) is 0 Å². The highest BCUT2D eigenvalue weighted by Gasteiger charge is 2.16. The number of thiophene rings is 1. The van der Waals surface area contributed by atoms with Crippen LogP contribution in [0.15, 0.2) is 34.4 Å². The number of pyridine rings is 1. The molecule has 1 atom stereocenters. The molecule has 0 aliphatic rings. The molecule has 0 spiro atoms. The molecule has 0 radical (unpaired) electrons. The zero-order chi connectivity index (χ0) is 12.3. The Labute approximate surface area is 112 Å². The van der Waals surface area contributed by atoms with E-state index in [0.717, 1.165) is 14.9 Å². The third-order valence-electron chi connectivity index (χ3n) is 2.25. The molecular formula is C12H12BrNO2S. The Morgan fingerprint density at radius 3 is 3.00 bits per heavy atom. The SMILES string of the molecule is CCOc1cncc(C(O)c2sccc2Br)c1. The lowest BCUT2D eigenvalue weighted by Crippen LogP contribution is -2.00. The van der Waals surface area contributed by atoms with Crippen molar-refractivity contribution in [2.24, 2.45) is 0 Å². The number of hydrogen-bond donors (Lipinski definition) is 1. The number of hydrogen-bond acceptors (Lipinski definition) is 4. The Balaban J connectivity index is 2.28. The van der Waals surface area contributed by atoms with Crippen LogP contribution in [0.25, 0.3) is 0 Å². The molecule has 90 valence electrons. The van der Waals surface area contributed by atoms with Gasteiger partial charge in [0.25, 0.3) is 0 Å². The molecule has 2 rings (SSSR count). The monoisotopic (exact) mass is 313 g/mol. The minimum absolute atomic E-state index is 0.587. The molecule has 1 unspecified atom stereocenters. The molecular weight excluding hydrogens is 302 g/mol. The fourth-order valence-corrected chi connectivity index (χ4v) is 3.08. The predicted octanol–water partition coefficient (Wildman–Crippen LogP) is 3.39. The summed E-state index contributed by atoms with van der Waals surface area (Å²) in [6.45, 7) is 2.50. The first kappa shape index (κ1) is 12.5. The van der Waals surface area contributed by atoms with Crippen LogP contribution in [0.3, 0.4) is 0 Å². The van der Waals surface area contributed by atoms with Gasteiger partial charge in [0, 0.05) is 16.2 Å². The van der Waals surface area contributed by atoms with Crippen molar-refractivity contribution < 1.29 is 9.84 Å². The number of ether oxygens (including phenoxy) is 1. The average molecular weight is 314 g/mol. The maximum Gasteiger partial charge on any atom is 0.137 e. The van der Waals surface area contributed by atoms with E-state index in [1.807, 2.05) is 24.4 Å². The molecule has 3 nitrogen and oxygen atoms in total. The second kappa shape index (κ2) is 5.62. The molecule has 0 saturated heterocycles. The van der Waals surface area contributed by atoms with Gasteiger partial charge in [-0.3, -0.25) is 4.98 Å². The summed E-state index contributed by atoms with van der Waals surface area (Å²) in [6, 6.07) is 3.73. The lowest BCUT2D eigenvalue weighted by Gasteiger charge is -2.11. The highest BCUT2D eigenvalue weighted by Crippen LogP contribution is 2.33. The average Bonchev–Trinajstić information content (AvgIpc) is 2.75. The van der Waals surface area contributed by atoms with Crippen molar-refractivity contribution in [1.82, 2.24) is 4.98 Å². The topological polar surface area (TPSA) is 42.4 Å². The Morgan fingerprint density at radius 1 is 1.53 bits per heavy atom. The zero-order valence-electron chi connectivity index (χ0n) is 9.26. The third-order valence-corrected chi connectivity index (χ3v) is 4.18. The Bertz CT molecular complexity index is 501. The molecule has 0 aliphatic heterocycles. The van der Waals surface area contributed by atoms with E-state index in [-0.39, 0.29) is 0 Å². The molecule has 0 amide bonds. The number of aliphatic hydroxyl groups is 1. The van der Waals surface area contributed by atoms with Crippen LogP contribution >= 0.6 is 27.3 Å². The van der Waals surface area contributed by atoms with Crippen LogP contribution in [0.5, 0.6) is 5.75 Å². The summed E-state index contributed by atoms with van der Waals surface area (Å²) in [5, 5.41) is 12.2. The minimum atomic E-state index is -0.669. The second-order valence-corrected chi connectivity index (χ2v) is 5.22. The van der Waals surface area contributed by atoms with Crippen LogP contribution in [0, 0.1) is 0 Å². The maximum absolute atomic E-state index is 10.2. The Morgan fingerprint density at radius 2 is 2.35 bits per heavy atom. The summed E-state index contributed by atoms with van der Waals surface area (Å²) in [7, 11) is 0. The van der Waals surface area contributed by atoms with Crippen molar-refractivity contribution in [2.45, 2.75) is 13.0 Å². The third kappa shape index (κ3) is 2.86. The molecule has 0 fully saturated rings. The van der Waals surface area contributed by atoms with Crippen LogP contribution in [0.1, 0.15) is 23.5 Å². The van der Waals surface area contributed by atoms with Gasteiger partial charge in [0.2, 0.25) is 0 Å². The molecule has 0 bridgehead atoms. The van der Waals surface area contributed by atoms with Crippen molar-refractivity contribution in [3.05, 3.63) is 44.8 Å². The normalized spacial score (nSPS) is 12.4. The Hall–Kier alpha value is -0.910. The summed E-state index contributed by atoms with van der Waals surface area (Å²) < 4.78 is 6.28. The number of aliphatic hydroxyl groups excluding tert-OH is 1. The smallest absolute Gasteiger partial charge is 0.137 e. The van der Waals surface area contributed by atoms with Gasteiger partial charge in [0.15, 0.2) is 0 Å². The van der Waals surface area contributed by atoms with Gasteiger partial charge in [-0.05, 0) is 40.4 Å². The molecule has 17 heavy (non-hydrogen) atoms. The lowest BCUT2D eigenvalue weighted by molar-refractivity contribution is 0.222. The first-order chi connectivity index (χ1) is 8.22. The number of rotatable bonds is 4. The van der Waals surface area contributed by atoms with E-state index in [0.29, 0.717) is 12.4 Å². The van der Waals surface area contributed by atoms with E-state index in [1.54, 1.807) is 12.4 Å². The van der Waals surface area contributed by atoms with Gasteiger partial charge in [0.05, 0.1) is 17.7 Å². The van der Waals surface area contributed by atoms with E-state index in [2.05, 4.69) is 20.9 Å². The highest BCUT2D eigenvalue weighted by molar-refractivity contribution is 9.10. The standard InChI is InChI=1S/C12H12BrNO2S/c1-2-16-9-5-8(6-14-7-9)11(15)12-10(13)3-4-17-12/h3-7,11,15H,2H2,1H3. The van der Waals surface area contributed by atoms with Crippen molar-refractivity contribution in [2.75, 3.05) is 6.61 Å². The zero-order valence-corrected chi connectivity index (χ0v) is 11.7. The molecule has 2 heterocycles. The fourth-order valence-electron chi connectivity index (χ4n) is 1.48. The van der Waals surface area contributed by atoms with Crippen LogP contribution in [-0.4, -0.2) is 16.7 Å². The number of halogens is 1. The first-order valence-corrected chi connectivity index (χ1v) is 6.88. The van der Waals surface area contributed by atoms with E-state index >= 15 is 0 Å². The van der Waals surface area contributed by atoms with Crippen LogP contribution in [0.2, 0.25) is 0 Å². The van der Waals surface area contributed by atoms with E-state index in [1.165, 1.54) is 11.3 Å². The summed E-state index contributed by atoms with van der Waals surface area (Å²) in [6.07, 6.45) is 2.62. The van der Waals surface area contributed by atoms with Gasteiger partial charge >= 0.3 is 0 Å². The van der Waals surface area contributed by atoms with E-state index in [4.69, 9.17) is 4.74 Å². The molecule has 0 aliphatic carbocycles. The van der Waals surface area contributed by atoms with Gasteiger partial charge < -0.3 is 9.84 Å². The molecule has 0 saturated carbocycles. The number of aromatic nitrogens is 1. The van der Waals surface area contributed by atoms with Gasteiger partial charge in [-0.1, -0.05) is 0 Å². The largest absolute Gasteiger partial charge is 0.492 e. The molecule has 2 aromatic heterocycles. The van der Waals surface area contributed by atoms with Gasteiger partial charge in [-0.2, -0.15) is 0 Å². The van der Waals surface area contributed by atoms with Crippen molar-refractivity contribution >= 4 is 27.3 Å². The number of nitrogens with zero attached hydrogens (tertiary/aromatic N) is 1. The molecule has 1 N–H and O–H groups in total. The summed E-state index contributed by atoms with van der Waals surface area (Å²) >= 11 is 4.92. The van der Waals surface area contributed by atoms with Crippen LogP contribution < -0.4 is 4.74 Å². The van der Waals surface area contributed by atoms with E-state index < -0.39 is 6.10 Å². The van der Waals surface area contributed by atoms with Crippen LogP contribution in [0.4, 0.5) is 0 Å². The molecule has 0 aromatic carbocycles. The predicted molar refractivity (Wildman–Crippen MR) is 71.5 cm³/mol. The van der Waals surface area contributed by atoms with Crippen molar-refractivity contribution in [1.29, 1.82) is 0 Å². The minimum Gasteiger partial charge on any atom is -0.492 e. The van der Waals surface area contributed by atoms with Gasteiger partial charge in [0.1, 0.15) is 11.9 Å². The highest BCUT2D eigenvalue weighted by atomic mass is 79.9. The van der Waals surface area contributed by atoms with E-state index in [9.17, 15) is 5.11 Å². The second-order valence-electron chi connectivity index (χ2n) is 3.42. The quantitative estimate of drug-likeness (QED) is 0.940. The van der Waals surface area contributed by atoms with Crippen molar-refractivity contribution in [3.8, 4) is 5.75 Å². The molecule has 2 aromatic rings. The summed E-state index contributed by atoms with van der Waals surface area (Å²) in [5.41, 5.74) is 0.735. The lowest BCUT2D eigenvalue weighted by atomic mass is 10.1. The van der Waals surface area contributed by atoms with Gasteiger partial charge in [-0.15, -0.1) is 11.3 Å². The van der Waals surface area contributed by atoms with Gasteiger partial charge in [-0.25, -0.2) is 0 Å².